The van der Waals surface area contributed by atoms with Gasteiger partial charge in [0.2, 0.25) is 0 Å². The zero-order valence-electron chi connectivity index (χ0n) is 11.3. The van der Waals surface area contributed by atoms with E-state index in [0.29, 0.717) is 21.5 Å². The van der Waals surface area contributed by atoms with Crippen molar-refractivity contribution in [3.05, 3.63) is 56.2 Å². The van der Waals surface area contributed by atoms with Crippen molar-refractivity contribution in [1.29, 1.82) is 0 Å². The fourth-order valence-electron chi connectivity index (χ4n) is 1.97. The maximum Gasteiger partial charge on any atom is 0.161 e. The fourth-order valence-corrected chi connectivity index (χ4v) is 4.55. The lowest BCUT2D eigenvalue weighted by Crippen LogP contribution is -2.01. The third-order valence-corrected chi connectivity index (χ3v) is 5.36. The SMILES string of the molecule is COc1cc(Br)c(C(Br)c2c(F)cccc2Br)cc1OC. The Bertz CT molecular complexity index is 641. The predicted molar refractivity (Wildman–Crippen MR) is 92.1 cm³/mol. The molecule has 2 aromatic carbocycles. The van der Waals surface area contributed by atoms with E-state index < -0.39 is 0 Å². The molecule has 1 unspecified atom stereocenters. The number of benzene rings is 2. The number of rotatable bonds is 4. The van der Waals surface area contributed by atoms with Gasteiger partial charge in [-0.1, -0.05) is 53.9 Å². The summed E-state index contributed by atoms with van der Waals surface area (Å²) in [5, 5.41) is 0. The first-order valence-corrected chi connectivity index (χ1v) is 8.49. The van der Waals surface area contributed by atoms with E-state index in [4.69, 9.17) is 9.47 Å². The highest BCUT2D eigenvalue weighted by atomic mass is 79.9. The minimum Gasteiger partial charge on any atom is -0.493 e. The zero-order valence-corrected chi connectivity index (χ0v) is 16.1. The first kappa shape index (κ1) is 16.8. The molecule has 21 heavy (non-hydrogen) atoms. The van der Waals surface area contributed by atoms with E-state index in [1.54, 1.807) is 32.4 Å². The minimum absolute atomic E-state index is 0.284. The Morgan fingerprint density at radius 3 is 2.19 bits per heavy atom. The smallest absolute Gasteiger partial charge is 0.161 e. The van der Waals surface area contributed by atoms with E-state index in [-0.39, 0.29) is 10.6 Å². The molecule has 2 rings (SSSR count). The molecule has 0 aliphatic rings. The second kappa shape index (κ2) is 7.11. The first-order valence-electron chi connectivity index (χ1n) is 5.99. The van der Waals surface area contributed by atoms with E-state index in [1.165, 1.54) is 6.07 Å². The Kier molecular flexibility index (Phi) is 5.68. The summed E-state index contributed by atoms with van der Waals surface area (Å²) in [5.74, 6) is 0.918. The zero-order chi connectivity index (χ0) is 15.6. The van der Waals surface area contributed by atoms with Crippen molar-refractivity contribution in [1.82, 2.24) is 0 Å². The standard InChI is InChI=1S/C15H12Br3FO2/c1-20-12-6-8(10(17)7-13(12)21-2)15(18)14-9(16)4-3-5-11(14)19/h3-7,15H,1-2H3. The van der Waals surface area contributed by atoms with Crippen LogP contribution in [-0.4, -0.2) is 14.2 Å². The highest BCUT2D eigenvalue weighted by Gasteiger charge is 2.22. The monoisotopic (exact) mass is 480 g/mol. The van der Waals surface area contributed by atoms with Gasteiger partial charge in [-0.25, -0.2) is 4.39 Å². The summed E-state index contributed by atoms with van der Waals surface area (Å²) in [7, 11) is 3.14. The molecule has 0 saturated heterocycles. The molecule has 0 N–H and O–H groups in total. The number of alkyl halides is 1. The van der Waals surface area contributed by atoms with Gasteiger partial charge in [-0.05, 0) is 29.8 Å². The quantitative estimate of drug-likeness (QED) is 0.509. The van der Waals surface area contributed by atoms with Crippen molar-refractivity contribution in [2.24, 2.45) is 0 Å². The number of methoxy groups -OCH3 is 2. The molecular formula is C15H12Br3FO2. The second-order valence-electron chi connectivity index (χ2n) is 4.23. The Morgan fingerprint density at radius 1 is 1.00 bits per heavy atom. The lowest BCUT2D eigenvalue weighted by Gasteiger charge is -2.18. The van der Waals surface area contributed by atoms with E-state index in [1.807, 2.05) is 6.07 Å². The normalized spacial score (nSPS) is 12.1. The van der Waals surface area contributed by atoms with Crippen LogP contribution in [0.15, 0.2) is 39.3 Å². The molecule has 2 nitrogen and oxygen atoms in total. The summed E-state index contributed by atoms with van der Waals surface area (Å²) < 4.78 is 26.2. The summed E-state index contributed by atoms with van der Waals surface area (Å²) in [6.07, 6.45) is 0. The largest absolute Gasteiger partial charge is 0.493 e. The maximum atomic E-state index is 14.1. The molecule has 0 amide bonds. The lowest BCUT2D eigenvalue weighted by atomic mass is 10.0. The van der Waals surface area contributed by atoms with Crippen molar-refractivity contribution < 1.29 is 13.9 Å². The maximum absolute atomic E-state index is 14.1. The Morgan fingerprint density at radius 2 is 1.62 bits per heavy atom. The van der Waals surface area contributed by atoms with Crippen LogP contribution in [0.5, 0.6) is 11.5 Å². The van der Waals surface area contributed by atoms with Crippen LogP contribution in [0.2, 0.25) is 0 Å². The average molecular weight is 483 g/mol. The van der Waals surface area contributed by atoms with Crippen molar-refractivity contribution in [3.8, 4) is 11.5 Å². The van der Waals surface area contributed by atoms with E-state index >= 15 is 0 Å². The van der Waals surface area contributed by atoms with Gasteiger partial charge in [-0.15, -0.1) is 0 Å². The van der Waals surface area contributed by atoms with Crippen molar-refractivity contribution in [2.45, 2.75) is 4.83 Å². The van der Waals surface area contributed by atoms with Gasteiger partial charge in [0.1, 0.15) is 5.82 Å². The van der Waals surface area contributed by atoms with Crippen molar-refractivity contribution >= 4 is 47.8 Å². The van der Waals surface area contributed by atoms with Crippen LogP contribution < -0.4 is 9.47 Å². The van der Waals surface area contributed by atoms with E-state index in [9.17, 15) is 4.39 Å². The molecule has 0 aliphatic heterocycles. The summed E-state index contributed by atoms with van der Waals surface area (Å²) >= 11 is 10.4. The predicted octanol–water partition coefficient (Wildman–Crippen LogP) is 5.85. The highest BCUT2D eigenvalue weighted by molar-refractivity contribution is 9.11. The van der Waals surface area contributed by atoms with Gasteiger partial charge in [0.25, 0.3) is 0 Å². The second-order valence-corrected chi connectivity index (χ2v) is 6.85. The van der Waals surface area contributed by atoms with Crippen molar-refractivity contribution in [2.75, 3.05) is 14.2 Å². The molecule has 2 aromatic rings. The molecule has 6 heteroatoms. The van der Waals surface area contributed by atoms with Gasteiger partial charge < -0.3 is 9.47 Å². The number of halogens is 4. The summed E-state index contributed by atoms with van der Waals surface area (Å²) in [6.45, 7) is 0. The van der Waals surface area contributed by atoms with Gasteiger partial charge in [-0.2, -0.15) is 0 Å². The number of ether oxygens (including phenoxy) is 2. The lowest BCUT2D eigenvalue weighted by molar-refractivity contribution is 0.354. The number of hydrogen-bond acceptors (Lipinski definition) is 2. The van der Waals surface area contributed by atoms with Crippen LogP contribution in [-0.2, 0) is 0 Å². The van der Waals surface area contributed by atoms with Gasteiger partial charge in [-0.3, -0.25) is 0 Å². The van der Waals surface area contributed by atoms with Gasteiger partial charge in [0, 0.05) is 14.5 Å². The molecule has 0 spiro atoms. The summed E-state index contributed by atoms with van der Waals surface area (Å²) in [5.41, 5.74) is 1.38. The topological polar surface area (TPSA) is 18.5 Å². The Balaban J connectivity index is 2.56. The van der Waals surface area contributed by atoms with Crippen LogP contribution >= 0.6 is 47.8 Å². The van der Waals surface area contributed by atoms with Crippen LogP contribution in [0.1, 0.15) is 16.0 Å². The minimum atomic E-state index is -0.331. The van der Waals surface area contributed by atoms with Crippen LogP contribution in [0, 0.1) is 5.82 Å². The molecule has 0 bridgehead atoms. The average Bonchev–Trinajstić information content (AvgIpc) is 2.46. The molecule has 112 valence electrons. The number of hydrogen-bond donors (Lipinski definition) is 0. The van der Waals surface area contributed by atoms with Gasteiger partial charge >= 0.3 is 0 Å². The summed E-state index contributed by atoms with van der Waals surface area (Å²) in [6, 6.07) is 8.52. The molecule has 0 saturated carbocycles. The summed E-state index contributed by atoms with van der Waals surface area (Å²) in [4.78, 5) is -0.331. The third kappa shape index (κ3) is 3.43. The van der Waals surface area contributed by atoms with Crippen LogP contribution in [0.25, 0.3) is 0 Å². The third-order valence-electron chi connectivity index (χ3n) is 3.03. The first-order chi connectivity index (χ1) is 9.99. The Hall–Kier alpha value is -0.590. The van der Waals surface area contributed by atoms with E-state index in [2.05, 4.69) is 47.8 Å². The molecule has 0 fully saturated rings. The van der Waals surface area contributed by atoms with Crippen LogP contribution in [0.3, 0.4) is 0 Å². The van der Waals surface area contributed by atoms with Crippen LogP contribution in [0.4, 0.5) is 4.39 Å². The van der Waals surface area contributed by atoms with Crippen molar-refractivity contribution in [3.63, 3.8) is 0 Å². The molecule has 0 aromatic heterocycles. The van der Waals surface area contributed by atoms with Gasteiger partial charge in [0.05, 0.1) is 19.0 Å². The fraction of sp³-hybridized carbons (Fsp3) is 0.200. The van der Waals surface area contributed by atoms with E-state index in [0.717, 1.165) is 10.0 Å². The Labute approximate surface area is 148 Å². The van der Waals surface area contributed by atoms with Gasteiger partial charge in [0.15, 0.2) is 11.5 Å². The molecule has 0 aliphatic carbocycles. The molecule has 0 radical (unpaired) electrons. The molecule has 1 atom stereocenters. The molecule has 0 heterocycles. The molecular weight excluding hydrogens is 471 g/mol. The highest BCUT2D eigenvalue weighted by Crippen LogP contribution is 2.43.